The van der Waals surface area contributed by atoms with E-state index in [0.717, 1.165) is 17.9 Å². The molecule has 0 aromatic carbocycles. The molecule has 0 aliphatic heterocycles. The Morgan fingerprint density at radius 2 is 2.16 bits per heavy atom. The van der Waals surface area contributed by atoms with Crippen molar-refractivity contribution in [2.24, 2.45) is 11.8 Å². The van der Waals surface area contributed by atoms with Crippen LogP contribution < -0.4 is 5.32 Å². The van der Waals surface area contributed by atoms with Crippen molar-refractivity contribution in [2.75, 3.05) is 0 Å². The van der Waals surface area contributed by atoms with E-state index in [4.69, 9.17) is 4.98 Å². The van der Waals surface area contributed by atoms with Gasteiger partial charge in [-0.05, 0) is 49.9 Å². The van der Waals surface area contributed by atoms with Crippen LogP contribution in [0.5, 0.6) is 0 Å². The Morgan fingerprint density at radius 1 is 1.32 bits per heavy atom. The van der Waals surface area contributed by atoms with Gasteiger partial charge in [-0.3, -0.25) is 0 Å². The van der Waals surface area contributed by atoms with Crippen molar-refractivity contribution in [3.63, 3.8) is 0 Å². The summed E-state index contributed by atoms with van der Waals surface area (Å²) in [7, 11) is 0. The van der Waals surface area contributed by atoms with Crippen molar-refractivity contribution in [2.45, 2.75) is 69.9 Å². The van der Waals surface area contributed by atoms with E-state index in [1.807, 2.05) is 11.3 Å². The van der Waals surface area contributed by atoms with Gasteiger partial charge in [0.15, 0.2) is 0 Å². The summed E-state index contributed by atoms with van der Waals surface area (Å²) in [6.07, 6.45) is 8.42. The molecule has 3 saturated carbocycles. The fourth-order valence-electron chi connectivity index (χ4n) is 4.18. The van der Waals surface area contributed by atoms with Gasteiger partial charge in [0.2, 0.25) is 0 Å². The maximum atomic E-state index is 5.02. The van der Waals surface area contributed by atoms with Gasteiger partial charge in [0, 0.05) is 11.4 Å². The molecule has 1 heterocycles. The second-order valence-corrected chi connectivity index (χ2v) is 8.06. The Hall–Kier alpha value is -0.410. The maximum Gasteiger partial charge on any atom is 0.113 e. The van der Waals surface area contributed by atoms with E-state index < -0.39 is 0 Å². The van der Waals surface area contributed by atoms with Crippen LogP contribution in [0.4, 0.5) is 0 Å². The molecule has 3 fully saturated rings. The number of thiazole rings is 1. The monoisotopic (exact) mass is 276 g/mol. The second-order valence-electron chi connectivity index (χ2n) is 7.20. The largest absolute Gasteiger partial charge is 0.302 e. The van der Waals surface area contributed by atoms with E-state index in [1.54, 1.807) is 0 Å². The number of nitrogens with one attached hydrogen (secondary N) is 1. The molecule has 3 atom stereocenters. The summed E-state index contributed by atoms with van der Waals surface area (Å²) >= 11 is 1.91. The number of nitrogens with zero attached hydrogens (tertiary/aromatic N) is 1. The minimum atomic E-state index is 0.252. The molecule has 4 rings (SSSR count). The number of aromatic nitrogens is 1. The van der Waals surface area contributed by atoms with E-state index >= 15 is 0 Å². The van der Waals surface area contributed by atoms with Crippen LogP contribution >= 0.6 is 11.3 Å². The summed E-state index contributed by atoms with van der Waals surface area (Å²) in [5.41, 5.74) is 1.54. The molecule has 19 heavy (non-hydrogen) atoms. The third kappa shape index (κ3) is 1.97. The summed E-state index contributed by atoms with van der Waals surface area (Å²) in [6.45, 7) is 4.50. The Labute approximate surface area is 120 Å². The number of hydrogen-bond acceptors (Lipinski definition) is 3. The molecular weight excluding hydrogens is 252 g/mol. The fourth-order valence-corrected chi connectivity index (χ4v) is 5.41. The van der Waals surface area contributed by atoms with E-state index in [1.165, 1.54) is 49.2 Å². The van der Waals surface area contributed by atoms with Crippen LogP contribution in [0.1, 0.15) is 69.0 Å². The Kier molecular flexibility index (Phi) is 2.79. The molecule has 2 nitrogen and oxygen atoms in total. The molecule has 0 spiro atoms. The molecule has 3 aliphatic rings. The highest BCUT2D eigenvalue weighted by Crippen LogP contribution is 2.57. The van der Waals surface area contributed by atoms with Crippen LogP contribution in [-0.4, -0.2) is 11.0 Å². The van der Waals surface area contributed by atoms with E-state index in [2.05, 4.69) is 24.5 Å². The van der Waals surface area contributed by atoms with Gasteiger partial charge in [0.05, 0.1) is 11.2 Å². The van der Waals surface area contributed by atoms with Crippen LogP contribution in [0.3, 0.4) is 0 Å². The van der Waals surface area contributed by atoms with Crippen molar-refractivity contribution in [1.29, 1.82) is 0 Å². The zero-order valence-electron chi connectivity index (χ0n) is 12.0. The van der Waals surface area contributed by atoms with Gasteiger partial charge in [-0.25, -0.2) is 4.98 Å². The average Bonchev–Trinajstić information content (AvgIpc) is 2.87. The van der Waals surface area contributed by atoms with E-state index in [-0.39, 0.29) is 5.54 Å². The van der Waals surface area contributed by atoms with Crippen LogP contribution in [0.15, 0.2) is 5.38 Å². The SMILES string of the molecule is CC(C)c1csc(C2(NC3CC3)CC3CCC2C3)n1. The maximum absolute atomic E-state index is 5.02. The van der Waals surface area contributed by atoms with Gasteiger partial charge >= 0.3 is 0 Å². The highest BCUT2D eigenvalue weighted by molar-refractivity contribution is 7.09. The Bertz CT molecular complexity index is 477. The highest BCUT2D eigenvalue weighted by atomic mass is 32.1. The molecule has 2 bridgehead atoms. The first-order valence-corrected chi connectivity index (χ1v) is 8.79. The molecule has 3 unspecified atom stereocenters. The second kappa shape index (κ2) is 4.29. The van der Waals surface area contributed by atoms with E-state index in [9.17, 15) is 0 Å². The summed E-state index contributed by atoms with van der Waals surface area (Å²) in [4.78, 5) is 5.02. The molecule has 3 aliphatic carbocycles. The Balaban J connectivity index is 1.69. The molecule has 104 valence electrons. The molecule has 0 radical (unpaired) electrons. The number of rotatable bonds is 4. The Morgan fingerprint density at radius 3 is 2.68 bits per heavy atom. The third-order valence-electron chi connectivity index (χ3n) is 5.38. The topological polar surface area (TPSA) is 24.9 Å². The predicted molar refractivity (Wildman–Crippen MR) is 79.5 cm³/mol. The summed E-state index contributed by atoms with van der Waals surface area (Å²) in [5.74, 6) is 2.37. The average molecular weight is 276 g/mol. The lowest BCUT2D eigenvalue weighted by Gasteiger charge is -2.37. The third-order valence-corrected chi connectivity index (χ3v) is 6.42. The normalized spacial score (nSPS) is 37.4. The van der Waals surface area contributed by atoms with Crippen molar-refractivity contribution >= 4 is 11.3 Å². The lowest BCUT2D eigenvalue weighted by Crippen LogP contribution is -2.47. The summed E-state index contributed by atoms with van der Waals surface area (Å²) in [6, 6.07) is 0.783. The van der Waals surface area contributed by atoms with Gasteiger partial charge in [0.25, 0.3) is 0 Å². The molecule has 1 aromatic heterocycles. The quantitative estimate of drug-likeness (QED) is 0.898. The zero-order valence-corrected chi connectivity index (χ0v) is 12.8. The van der Waals surface area contributed by atoms with Gasteiger partial charge in [0.1, 0.15) is 5.01 Å². The lowest BCUT2D eigenvalue weighted by atomic mass is 9.81. The van der Waals surface area contributed by atoms with Crippen LogP contribution in [0.25, 0.3) is 0 Å². The first kappa shape index (κ1) is 12.3. The van der Waals surface area contributed by atoms with Crippen molar-refractivity contribution < 1.29 is 0 Å². The smallest absolute Gasteiger partial charge is 0.113 e. The van der Waals surface area contributed by atoms with Gasteiger partial charge in [-0.15, -0.1) is 11.3 Å². The fraction of sp³-hybridized carbons (Fsp3) is 0.812. The van der Waals surface area contributed by atoms with E-state index in [0.29, 0.717) is 5.92 Å². The van der Waals surface area contributed by atoms with Crippen LogP contribution in [0.2, 0.25) is 0 Å². The minimum Gasteiger partial charge on any atom is -0.302 e. The molecular formula is C16H24N2S. The minimum absolute atomic E-state index is 0.252. The molecule has 3 heteroatoms. The van der Waals surface area contributed by atoms with Gasteiger partial charge < -0.3 is 5.32 Å². The predicted octanol–water partition coefficient (Wildman–Crippen LogP) is 4.03. The number of fused-ring (bicyclic) bond motifs is 2. The molecule has 1 aromatic rings. The molecule has 0 amide bonds. The van der Waals surface area contributed by atoms with Gasteiger partial charge in [-0.2, -0.15) is 0 Å². The lowest BCUT2D eigenvalue weighted by molar-refractivity contribution is 0.206. The first-order valence-electron chi connectivity index (χ1n) is 7.91. The van der Waals surface area contributed by atoms with Crippen molar-refractivity contribution in [3.05, 3.63) is 16.1 Å². The molecule has 1 N–H and O–H groups in total. The zero-order chi connectivity index (χ0) is 13.0. The highest BCUT2D eigenvalue weighted by Gasteiger charge is 2.54. The van der Waals surface area contributed by atoms with Gasteiger partial charge in [-0.1, -0.05) is 20.3 Å². The summed E-state index contributed by atoms with van der Waals surface area (Å²) < 4.78 is 0. The van der Waals surface area contributed by atoms with Crippen LogP contribution in [0, 0.1) is 11.8 Å². The standard InChI is InChI=1S/C16H24N2S/c1-10(2)14-9-19-15(17-14)16(18-13-5-6-13)8-11-3-4-12(16)7-11/h9-13,18H,3-8H2,1-2H3. The number of hydrogen-bond donors (Lipinski definition) is 1. The van der Waals surface area contributed by atoms with Crippen molar-refractivity contribution in [3.8, 4) is 0 Å². The molecule has 0 saturated heterocycles. The van der Waals surface area contributed by atoms with Crippen molar-refractivity contribution in [1.82, 2.24) is 10.3 Å². The first-order chi connectivity index (χ1) is 9.17. The van der Waals surface area contributed by atoms with Crippen LogP contribution in [-0.2, 0) is 5.54 Å². The summed E-state index contributed by atoms with van der Waals surface area (Å²) in [5, 5.41) is 7.71.